The van der Waals surface area contributed by atoms with Gasteiger partial charge < -0.3 is 14.2 Å². The maximum absolute atomic E-state index is 5.98. The molecule has 0 unspecified atom stereocenters. The van der Waals surface area contributed by atoms with Gasteiger partial charge in [0.15, 0.2) is 11.5 Å². The molecule has 2 rings (SSSR count). The number of aryl methyl sites for hydroxylation is 2. The second kappa shape index (κ2) is 6.85. The number of para-hydroxylation sites is 1. The lowest BCUT2D eigenvalue weighted by atomic mass is 10.1. The highest BCUT2D eigenvalue weighted by Gasteiger charge is 2.11. The van der Waals surface area contributed by atoms with Crippen molar-refractivity contribution in [2.24, 2.45) is 0 Å². The van der Waals surface area contributed by atoms with E-state index in [9.17, 15) is 0 Å². The minimum Gasteiger partial charge on any atom is -0.493 e. The van der Waals surface area contributed by atoms with Crippen LogP contribution >= 0.6 is 15.9 Å². The van der Waals surface area contributed by atoms with Gasteiger partial charge in [0.2, 0.25) is 0 Å². The summed E-state index contributed by atoms with van der Waals surface area (Å²) in [6.45, 7) is 4.56. The average molecular weight is 351 g/mol. The van der Waals surface area contributed by atoms with Crippen LogP contribution in [0.1, 0.15) is 16.7 Å². The predicted octanol–water partition coefficient (Wildman–Crippen LogP) is 4.66. The average Bonchev–Trinajstić information content (AvgIpc) is 2.47. The molecular weight excluding hydrogens is 332 g/mol. The van der Waals surface area contributed by atoms with Crippen LogP contribution in [0.15, 0.2) is 34.8 Å². The van der Waals surface area contributed by atoms with Crippen LogP contribution in [0.2, 0.25) is 0 Å². The molecule has 4 heteroatoms. The van der Waals surface area contributed by atoms with E-state index in [-0.39, 0.29) is 0 Å². The highest BCUT2D eigenvalue weighted by atomic mass is 79.9. The molecule has 0 aliphatic rings. The molecule has 0 N–H and O–H groups in total. The summed E-state index contributed by atoms with van der Waals surface area (Å²) in [4.78, 5) is 0. The highest BCUT2D eigenvalue weighted by molar-refractivity contribution is 9.10. The van der Waals surface area contributed by atoms with Crippen LogP contribution in [0.25, 0.3) is 0 Å². The second-order valence-electron chi connectivity index (χ2n) is 4.81. The van der Waals surface area contributed by atoms with E-state index < -0.39 is 0 Å². The molecule has 0 saturated carbocycles. The van der Waals surface area contributed by atoms with E-state index in [1.54, 1.807) is 14.2 Å². The largest absolute Gasteiger partial charge is 0.493 e. The Morgan fingerprint density at radius 3 is 2.10 bits per heavy atom. The van der Waals surface area contributed by atoms with E-state index in [2.05, 4.69) is 15.9 Å². The Hall–Kier alpha value is -1.68. The highest BCUT2D eigenvalue weighted by Crippen LogP contribution is 2.34. The van der Waals surface area contributed by atoms with Crippen molar-refractivity contribution in [2.75, 3.05) is 14.2 Å². The summed E-state index contributed by atoms with van der Waals surface area (Å²) in [6.07, 6.45) is 0. The third-order valence-electron chi connectivity index (χ3n) is 3.33. The molecule has 0 bridgehead atoms. The summed E-state index contributed by atoms with van der Waals surface area (Å²) < 4.78 is 17.5. The van der Waals surface area contributed by atoms with Gasteiger partial charge in [0, 0.05) is 10.0 Å². The number of rotatable bonds is 5. The molecule has 0 fully saturated rings. The topological polar surface area (TPSA) is 27.7 Å². The van der Waals surface area contributed by atoms with Crippen molar-refractivity contribution in [2.45, 2.75) is 20.5 Å². The fraction of sp³-hybridized carbons (Fsp3) is 0.294. The molecular formula is C17H19BrO3. The van der Waals surface area contributed by atoms with Crippen molar-refractivity contribution in [3.8, 4) is 17.2 Å². The van der Waals surface area contributed by atoms with Gasteiger partial charge in [0.1, 0.15) is 12.4 Å². The third-order valence-corrected chi connectivity index (χ3v) is 4.07. The first-order valence-corrected chi connectivity index (χ1v) is 7.45. The van der Waals surface area contributed by atoms with Crippen LogP contribution in [-0.4, -0.2) is 14.2 Å². The molecule has 0 radical (unpaired) electrons. The first kappa shape index (κ1) is 15.7. The van der Waals surface area contributed by atoms with Crippen molar-refractivity contribution >= 4 is 15.9 Å². The summed E-state index contributed by atoms with van der Waals surface area (Å²) in [5.41, 5.74) is 3.27. The Morgan fingerprint density at radius 1 is 0.952 bits per heavy atom. The molecule has 0 atom stereocenters. The first-order valence-electron chi connectivity index (χ1n) is 6.66. The molecule has 112 valence electrons. The van der Waals surface area contributed by atoms with Gasteiger partial charge >= 0.3 is 0 Å². The Kier molecular flexibility index (Phi) is 5.12. The van der Waals surface area contributed by atoms with Gasteiger partial charge in [-0.15, -0.1) is 0 Å². The van der Waals surface area contributed by atoms with Gasteiger partial charge in [-0.2, -0.15) is 0 Å². The van der Waals surface area contributed by atoms with Crippen LogP contribution in [0.5, 0.6) is 17.2 Å². The summed E-state index contributed by atoms with van der Waals surface area (Å²) >= 11 is 3.55. The lowest BCUT2D eigenvalue weighted by Gasteiger charge is -2.15. The standard InChI is InChI=1S/C17H19BrO3/c1-11-6-5-7-12(2)17(11)21-10-13-8-15(19-3)16(20-4)9-14(13)18/h5-9H,10H2,1-4H3. The molecule has 3 nitrogen and oxygen atoms in total. The molecule has 0 aromatic heterocycles. The van der Waals surface area contributed by atoms with E-state index in [1.807, 2.05) is 44.2 Å². The number of hydrogen-bond donors (Lipinski definition) is 0. The Balaban J connectivity index is 2.24. The Bertz CT molecular complexity index is 618. The third kappa shape index (κ3) is 3.50. The minimum atomic E-state index is 0.465. The van der Waals surface area contributed by atoms with Crippen molar-refractivity contribution in [1.82, 2.24) is 0 Å². The van der Waals surface area contributed by atoms with Crippen LogP contribution < -0.4 is 14.2 Å². The summed E-state index contributed by atoms with van der Waals surface area (Å²) in [7, 11) is 3.25. The maximum atomic E-state index is 5.98. The fourth-order valence-electron chi connectivity index (χ4n) is 2.18. The number of hydrogen-bond acceptors (Lipinski definition) is 3. The number of benzene rings is 2. The smallest absolute Gasteiger partial charge is 0.161 e. The molecule has 0 saturated heterocycles. The van der Waals surface area contributed by atoms with Gasteiger partial charge in [0.25, 0.3) is 0 Å². The molecule has 0 aliphatic heterocycles. The molecule has 2 aromatic carbocycles. The summed E-state index contributed by atoms with van der Waals surface area (Å²) in [5, 5.41) is 0. The zero-order valence-electron chi connectivity index (χ0n) is 12.7. The van der Waals surface area contributed by atoms with Gasteiger partial charge in [0.05, 0.1) is 14.2 Å². The molecule has 0 amide bonds. The number of methoxy groups -OCH3 is 2. The number of ether oxygens (including phenoxy) is 3. The Morgan fingerprint density at radius 2 is 1.52 bits per heavy atom. The molecule has 0 spiro atoms. The summed E-state index contributed by atoms with van der Waals surface area (Å²) in [5.74, 6) is 2.32. The molecule has 0 aliphatic carbocycles. The SMILES string of the molecule is COc1cc(Br)c(COc2c(C)cccc2C)cc1OC. The van der Waals surface area contributed by atoms with Crippen LogP contribution in [0.4, 0.5) is 0 Å². The fourth-order valence-corrected chi connectivity index (χ4v) is 2.62. The van der Waals surface area contributed by atoms with Gasteiger partial charge in [-0.3, -0.25) is 0 Å². The Labute approximate surface area is 134 Å². The zero-order valence-corrected chi connectivity index (χ0v) is 14.3. The monoisotopic (exact) mass is 350 g/mol. The van der Waals surface area contributed by atoms with Crippen molar-refractivity contribution in [3.05, 3.63) is 51.5 Å². The minimum absolute atomic E-state index is 0.465. The normalized spacial score (nSPS) is 10.3. The van der Waals surface area contributed by atoms with E-state index >= 15 is 0 Å². The first-order chi connectivity index (χ1) is 10.1. The molecule has 21 heavy (non-hydrogen) atoms. The van der Waals surface area contributed by atoms with Crippen molar-refractivity contribution in [3.63, 3.8) is 0 Å². The predicted molar refractivity (Wildman–Crippen MR) is 87.5 cm³/mol. The lowest BCUT2D eigenvalue weighted by Crippen LogP contribution is -2.01. The molecule has 0 heterocycles. The van der Waals surface area contributed by atoms with Crippen LogP contribution in [0, 0.1) is 13.8 Å². The van der Waals surface area contributed by atoms with Crippen LogP contribution in [-0.2, 0) is 6.61 Å². The van der Waals surface area contributed by atoms with Gasteiger partial charge in [-0.1, -0.05) is 34.1 Å². The van der Waals surface area contributed by atoms with E-state index in [1.165, 1.54) is 0 Å². The maximum Gasteiger partial charge on any atom is 0.161 e. The van der Waals surface area contributed by atoms with Gasteiger partial charge in [-0.25, -0.2) is 0 Å². The molecule has 2 aromatic rings. The van der Waals surface area contributed by atoms with Gasteiger partial charge in [-0.05, 0) is 37.1 Å². The zero-order chi connectivity index (χ0) is 15.4. The van der Waals surface area contributed by atoms with Crippen molar-refractivity contribution in [1.29, 1.82) is 0 Å². The second-order valence-corrected chi connectivity index (χ2v) is 5.66. The van der Waals surface area contributed by atoms with E-state index in [4.69, 9.17) is 14.2 Å². The summed E-state index contributed by atoms with van der Waals surface area (Å²) in [6, 6.07) is 9.95. The quantitative estimate of drug-likeness (QED) is 0.784. The van der Waals surface area contributed by atoms with Crippen LogP contribution in [0.3, 0.4) is 0 Å². The van der Waals surface area contributed by atoms with E-state index in [0.29, 0.717) is 18.1 Å². The van der Waals surface area contributed by atoms with E-state index in [0.717, 1.165) is 26.9 Å². The number of halogens is 1. The van der Waals surface area contributed by atoms with Crippen molar-refractivity contribution < 1.29 is 14.2 Å². The lowest BCUT2D eigenvalue weighted by molar-refractivity contribution is 0.299.